The topological polar surface area (TPSA) is 44.8 Å². The molecule has 0 spiro atoms. The molecule has 1 N–H and O–H groups in total. The lowest BCUT2D eigenvalue weighted by Crippen LogP contribution is -2.52. The maximum atomic E-state index is 11.6. The average Bonchev–Trinajstić information content (AvgIpc) is 3.16. The second-order valence-corrected chi connectivity index (χ2v) is 7.62. The van der Waals surface area contributed by atoms with Crippen LogP contribution in [0.15, 0.2) is 41.8 Å². The number of methoxy groups -OCH3 is 1. The summed E-state index contributed by atoms with van der Waals surface area (Å²) < 4.78 is 5.51. The summed E-state index contributed by atoms with van der Waals surface area (Å²) in [5.74, 6) is 0.939. The molecular formula is C20H27N3O2S. The van der Waals surface area contributed by atoms with Crippen molar-refractivity contribution >= 4 is 22.9 Å². The Labute approximate surface area is 159 Å². The Morgan fingerprint density at radius 1 is 1.15 bits per heavy atom. The molecule has 1 saturated heterocycles. The fraction of sp³-hybridized carbons (Fsp3) is 0.450. The first-order valence-corrected chi connectivity index (χ1v) is 9.90. The van der Waals surface area contributed by atoms with E-state index in [4.69, 9.17) is 4.74 Å². The minimum absolute atomic E-state index is 0.0201. The van der Waals surface area contributed by atoms with Crippen LogP contribution < -0.4 is 15.0 Å². The SMILES string of the molecule is COc1ccccc1N1CCN([C@H](c2cccs2)[C@@H](C)NC(C)=O)CC1. The number of amides is 1. The van der Waals surface area contributed by atoms with E-state index in [2.05, 4.69) is 51.7 Å². The highest BCUT2D eigenvalue weighted by Crippen LogP contribution is 2.32. The van der Waals surface area contributed by atoms with Gasteiger partial charge in [-0.2, -0.15) is 0 Å². The molecule has 1 fully saturated rings. The van der Waals surface area contributed by atoms with Crippen LogP contribution in [0.25, 0.3) is 0 Å². The highest BCUT2D eigenvalue weighted by molar-refractivity contribution is 7.10. The van der Waals surface area contributed by atoms with E-state index in [1.807, 2.05) is 12.1 Å². The Balaban J connectivity index is 1.72. The fourth-order valence-corrected chi connectivity index (χ4v) is 4.70. The molecule has 1 amide bonds. The molecule has 140 valence electrons. The fourth-order valence-electron chi connectivity index (χ4n) is 3.73. The number of piperazine rings is 1. The van der Waals surface area contributed by atoms with E-state index in [1.165, 1.54) is 4.88 Å². The summed E-state index contributed by atoms with van der Waals surface area (Å²) in [6.07, 6.45) is 0. The minimum atomic E-state index is 0.0201. The quantitative estimate of drug-likeness (QED) is 0.845. The molecular weight excluding hydrogens is 346 g/mol. The maximum Gasteiger partial charge on any atom is 0.217 e. The monoisotopic (exact) mass is 373 g/mol. The zero-order valence-corrected chi connectivity index (χ0v) is 16.5. The number of thiophene rings is 1. The second-order valence-electron chi connectivity index (χ2n) is 6.64. The molecule has 5 nitrogen and oxygen atoms in total. The number of para-hydroxylation sites is 2. The van der Waals surface area contributed by atoms with Gasteiger partial charge in [-0.05, 0) is 30.5 Å². The van der Waals surface area contributed by atoms with Crippen molar-refractivity contribution < 1.29 is 9.53 Å². The van der Waals surface area contributed by atoms with E-state index in [1.54, 1.807) is 25.4 Å². The zero-order valence-electron chi connectivity index (χ0n) is 15.6. The van der Waals surface area contributed by atoms with Gasteiger partial charge in [-0.3, -0.25) is 9.69 Å². The van der Waals surface area contributed by atoms with E-state index in [-0.39, 0.29) is 18.0 Å². The van der Waals surface area contributed by atoms with Crippen LogP contribution in [0.4, 0.5) is 5.69 Å². The number of carbonyl (C=O) groups excluding carboxylic acids is 1. The van der Waals surface area contributed by atoms with Gasteiger partial charge in [-0.25, -0.2) is 0 Å². The largest absolute Gasteiger partial charge is 0.495 e. The van der Waals surface area contributed by atoms with Crippen LogP contribution in [0.3, 0.4) is 0 Å². The summed E-state index contributed by atoms with van der Waals surface area (Å²) in [6.45, 7) is 7.46. The molecule has 2 aromatic rings. The van der Waals surface area contributed by atoms with E-state index >= 15 is 0 Å². The first-order chi connectivity index (χ1) is 12.6. The normalized spacial score (nSPS) is 17.6. The third kappa shape index (κ3) is 4.19. The Morgan fingerprint density at radius 3 is 2.50 bits per heavy atom. The summed E-state index contributed by atoms with van der Waals surface area (Å²) in [5, 5.41) is 5.19. The van der Waals surface area contributed by atoms with Crippen LogP contribution >= 0.6 is 11.3 Å². The summed E-state index contributed by atoms with van der Waals surface area (Å²) in [6, 6.07) is 12.7. The van der Waals surface area contributed by atoms with Crippen LogP contribution in [-0.2, 0) is 4.79 Å². The number of hydrogen-bond donors (Lipinski definition) is 1. The van der Waals surface area contributed by atoms with Gasteiger partial charge in [-0.1, -0.05) is 18.2 Å². The maximum absolute atomic E-state index is 11.6. The molecule has 2 heterocycles. The smallest absolute Gasteiger partial charge is 0.217 e. The molecule has 0 bridgehead atoms. The van der Waals surface area contributed by atoms with Crippen molar-refractivity contribution in [3.8, 4) is 5.75 Å². The lowest BCUT2D eigenvalue weighted by atomic mass is 10.0. The van der Waals surface area contributed by atoms with Gasteiger partial charge in [0.2, 0.25) is 5.91 Å². The van der Waals surface area contributed by atoms with Crippen molar-refractivity contribution in [2.45, 2.75) is 25.9 Å². The number of carbonyl (C=O) groups is 1. The molecule has 0 aliphatic carbocycles. The van der Waals surface area contributed by atoms with Crippen molar-refractivity contribution in [1.82, 2.24) is 10.2 Å². The summed E-state index contributed by atoms with van der Waals surface area (Å²) in [4.78, 5) is 17.7. The van der Waals surface area contributed by atoms with Crippen molar-refractivity contribution in [2.75, 3.05) is 38.2 Å². The molecule has 0 unspecified atom stereocenters. The van der Waals surface area contributed by atoms with Gasteiger partial charge in [0.25, 0.3) is 0 Å². The number of hydrogen-bond acceptors (Lipinski definition) is 5. The van der Waals surface area contributed by atoms with E-state index in [0.717, 1.165) is 37.6 Å². The minimum Gasteiger partial charge on any atom is -0.495 e. The van der Waals surface area contributed by atoms with Gasteiger partial charge in [-0.15, -0.1) is 11.3 Å². The number of benzene rings is 1. The van der Waals surface area contributed by atoms with Crippen LogP contribution in [0.1, 0.15) is 24.8 Å². The van der Waals surface area contributed by atoms with Gasteiger partial charge in [0.1, 0.15) is 5.75 Å². The Hall–Kier alpha value is -2.05. The molecule has 0 radical (unpaired) electrons. The van der Waals surface area contributed by atoms with Gasteiger partial charge < -0.3 is 15.0 Å². The van der Waals surface area contributed by atoms with Crippen molar-refractivity contribution in [1.29, 1.82) is 0 Å². The number of nitrogens with zero attached hydrogens (tertiary/aromatic N) is 2. The van der Waals surface area contributed by atoms with Gasteiger partial charge in [0, 0.05) is 44.0 Å². The van der Waals surface area contributed by atoms with Crippen molar-refractivity contribution in [2.24, 2.45) is 0 Å². The standard InChI is InChI=1S/C20H27N3O2S/c1-15(21-16(2)24)20(19-9-6-14-26-19)23-12-10-22(11-13-23)17-7-4-5-8-18(17)25-3/h4-9,14-15,20H,10-13H2,1-3H3,(H,21,24)/t15-,20+/m1/s1. The predicted molar refractivity (Wildman–Crippen MR) is 107 cm³/mol. The molecule has 1 aromatic heterocycles. The van der Waals surface area contributed by atoms with Crippen LogP contribution in [0.2, 0.25) is 0 Å². The lowest BCUT2D eigenvalue weighted by molar-refractivity contribution is -0.120. The predicted octanol–water partition coefficient (Wildman–Crippen LogP) is 3.14. The van der Waals surface area contributed by atoms with E-state index < -0.39 is 0 Å². The van der Waals surface area contributed by atoms with Crippen molar-refractivity contribution in [3.05, 3.63) is 46.7 Å². The third-order valence-corrected chi connectivity index (χ3v) is 5.82. The molecule has 0 saturated carbocycles. The Bertz CT molecular complexity index is 712. The number of anilines is 1. The Kier molecular flexibility index (Phi) is 6.16. The third-order valence-electron chi connectivity index (χ3n) is 4.87. The number of rotatable bonds is 6. The molecule has 1 aliphatic heterocycles. The van der Waals surface area contributed by atoms with Crippen LogP contribution in [-0.4, -0.2) is 50.1 Å². The lowest BCUT2D eigenvalue weighted by Gasteiger charge is -2.42. The molecule has 3 rings (SSSR count). The van der Waals surface area contributed by atoms with Crippen LogP contribution in [0, 0.1) is 0 Å². The van der Waals surface area contributed by atoms with E-state index in [9.17, 15) is 4.79 Å². The average molecular weight is 374 g/mol. The van der Waals surface area contributed by atoms with Gasteiger partial charge in [0.05, 0.1) is 18.8 Å². The van der Waals surface area contributed by atoms with Crippen LogP contribution in [0.5, 0.6) is 5.75 Å². The molecule has 1 aliphatic rings. The molecule has 1 aromatic carbocycles. The highest BCUT2D eigenvalue weighted by Gasteiger charge is 2.30. The summed E-state index contributed by atoms with van der Waals surface area (Å²) in [5.41, 5.74) is 1.15. The summed E-state index contributed by atoms with van der Waals surface area (Å²) >= 11 is 1.76. The molecule has 2 atom stereocenters. The second kappa shape index (κ2) is 8.56. The molecule has 6 heteroatoms. The van der Waals surface area contributed by atoms with E-state index in [0.29, 0.717) is 0 Å². The zero-order chi connectivity index (χ0) is 18.5. The highest BCUT2D eigenvalue weighted by atomic mass is 32.1. The first-order valence-electron chi connectivity index (χ1n) is 9.02. The van der Waals surface area contributed by atoms with Gasteiger partial charge in [0.15, 0.2) is 0 Å². The Morgan fingerprint density at radius 2 is 1.88 bits per heavy atom. The summed E-state index contributed by atoms with van der Waals surface area (Å²) in [7, 11) is 1.72. The molecule has 26 heavy (non-hydrogen) atoms. The van der Waals surface area contributed by atoms with Gasteiger partial charge >= 0.3 is 0 Å². The van der Waals surface area contributed by atoms with Crippen molar-refractivity contribution in [3.63, 3.8) is 0 Å². The first kappa shape index (κ1) is 18.7. The number of nitrogens with one attached hydrogen (secondary N) is 1. The number of ether oxygens (including phenoxy) is 1.